The summed E-state index contributed by atoms with van der Waals surface area (Å²) in [5, 5.41) is 4.54. The molecule has 186 valence electrons. The van der Waals surface area contributed by atoms with E-state index < -0.39 is 5.60 Å². The standard InChI is InChI=1S/C27H29N5O3S/c1-27(2,3)35-26(33)32-11-8-17(9-12-32)22-14-19-21(7-10-29-25(19)31-22)30-18-5-6-23(34-4)20(13-18)24-15-28-16-36-24/h5-8,10,13-16H,9,11-12H2,1-4H3,(H2,29,30,31). The molecular weight excluding hydrogens is 474 g/mol. The van der Waals surface area contributed by atoms with Crippen LogP contribution in [0, 0.1) is 0 Å². The van der Waals surface area contributed by atoms with Gasteiger partial charge in [0.1, 0.15) is 17.0 Å². The zero-order valence-electron chi connectivity index (χ0n) is 20.8. The minimum Gasteiger partial charge on any atom is -0.496 e. The van der Waals surface area contributed by atoms with Gasteiger partial charge in [0.2, 0.25) is 0 Å². The van der Waals surface area contributed by atoms with Crippen molar-refractivity contribution in [2.75, 3.05) is 25.5 Å². The van der Waals surface area contributed by atoms with Crippen LogP contribution in [0.25, 0.3) is 27.0 Å². The molecule has 1 amide bonds. The fraction of sp³-hybridized carbons (Fsp3) is 0.296. The van der Waals surface area contributed by atoms with Gasteiger partial charge in [-0.1, -0.05) is 6.08 Å². The molecule has 0 saturated heterocycles. The summed E-state index contributed by atoms with van der Waals surface area (Å²) < 4.78 is 11.1. The first-order valence-electron chi connectivity index (χ1n) is 11.8. The van der Waals surface area contributed by atoms with Crippen molar-refractivity contribution >= 4 is 45.4 Å². The highest BCUT2D eigenvalue weighted by Gasteiger charge is 2.24. The number of pyridine rings is 1. The molecule has 0 fully saturated rings. The number of hydrogen-bond acceptors (Lipinski definition) is 7. The minimum atomic E-state index is -0.501. The molecule has 1 aromatic carbocycles. The molecule has 0 saturated carbocycles. The van der Waals surface area contributed by atoms with Gasteiger partial charge in [-0.2, -0.15) is 0 Å². The predicted molar refractivity (Wildman–Crippen MR) is 144 cm³/mol. The van der Waals surface area contributed by atoms with Gasteiger partial charge in [-0.05, 0) is 63.1 Å². The number of rotatable bonds is 5. The van der Waals surface area contributed by atoms with Gasteiger partial charge < -0.3 is 24.7 Å². The molecule has 1 aliphatic rings. The molecule has 0 unspecified atom stereocenters. The van der Waals surface area contributed by atoms with Gasteiger partial charge in [0, 0.05) is 47.8 Å². The van der Waals surface area contributed by atoms with Crippen LogP contribution < -0.4 is 10.1 Å². The molecule has 0 spiro atoms. The van der Waals surface area contributed by atoms with Crippen LogP contribution in [0.1, 0.15) is 32.9 Å². The number of carbonyl (C=O) groups is 1. The lowest BCUT2D eigenvalue weighted by molar-refractivity contribution is 0.0270. The number of H-pyrrole nitrogens is 1. The number of nitrogens with one attached hydrogen (secondary N) is 2. The van der Waals surface area contributed by atoms with Crippen molar-refractivity contribution in [3.8, 4) is 16.2 Å². The first-order valence-corrected chi connectivity index (χ1v) is 12.7. The second kappa shape index (κ2) is 9.66. The average Bonchev–Trinajstić information content (AvgIpc) is 3.54. The quantitative estimate of drug-likeness (QED) is 0.325. The van der Waals surface area contributed by atoms with Crippen molar-refractivity contribution in [3.05, 3.63) is 60.0 Å². The number of aromatic nitrogens is 3. The fourth-order valence-electron chi connectivity index (χ4n) is 4.20. The van der Waals surface area contributed by atoms with E-state index in [9.17, 15) is 4.79 Å². The molecule has 9 heteroatoms. The maximum absolute atomic E-state index is 12.4. The molecule has 8 nitrogen and oxygen atoms in total. The lowest BCUT2D eigenvalue weighted by atomic mass is 10.0. The maximum atomic E-state index is 12.4. The Kier molecular flexibility index (Phi) is 6.40. The normalized spacial score (nSPS) is 14.0. The largest absolute Gasteiger partial charge is 0.496 e. The molecule has 2 N–H and O–H groups in total. The molecule has 4 heterocycles. The topological polar surface area (TPSA) is 92.4 Å². The number of aromatic amines is 1. The summed E-state index contributed by atoms with van der Waals surface area (Å²) in [5.74, 6) is 0.804. The van der Waals surface area contributed by atoms with E-state index in [0.717, 1.165) is 56.3 Å². The number of hydrogen-bond donors (Lipinski definition) is 2. The molecule has 0 aliphatic carbocycles. The fourth-order valence-corrected chi connectivity index (χ4v) is 4.84. The summed E-state index contributed by atoms with van der Waals surface area (Å²) in [6, 6.07) is 10.1. The summed E-state index contributed by atoms with van der Waals surface area (Å²) in [4.78, 5) is 27.3. The number of benzene rings is 1. The van der Waals surface area contributed by atoms with E-state index in [0.29, 0.717) is 13.1 Å². The number of ether oxygens (including phenoxy) is 2. The lowest BCUT2D eigenvalue weighted by Crippen LogP contribution is -2.39. The third-order valence-corrected chi connectivity index (χ3v) is 6.72. The summed E-state index contributed by atoms with van der Waals surface area (Å²) >= 11 is 1.57. The van der Waals surface area contributed by atoms with E-state index in [4.69, 9.17) is 9.47 Å². The lowest BCUT2D eigenvalue weighted by Gasteiger charge is -2.29. The van der Waals surface area contributed by atoms with E-state index in [1.54, 1.807) is 29.5 Å². The van der Waals surface area contributed by atoms with Gasteiger partial charge in [-0.3, -0.25) is 4.98 Å². The van der Waals surface area contributed by atoms with Crippen LogP contribution in [-0.4, -0.2) is 51.7 Å². The Morgan fingerprint density at radius 1 is 1.22 bits per heavy atom. The Labute approximate surface area is 214 Å². The van der Waals surface area contributed by atoms with Gasteiger partial charge in [0.15, 0.2) is 0 Å². The van der Waals surface area contributed by atoms with Gasteiger partial charge in [-0.25, -0.2) is 9.78 Å². The Morgan fingerprint density at radius 2 is 2.08 bits per heavy atom. The molecule has 4 aromatic rings. The van der Waals surface area contributed by atoms with Crippen molar-refractivity contribution in [2.45, 2.75) is 32.8 Å². The van der Waals surface area contributed by atoms with Crippen LogP contribution in [-0.2, 0) is 4.74 Å². The van der Waals surface area contributed by atoms with E-state index in [1.807, 2.05) is 50.7 Å². The summed E-state index contributed by atoms with van der Waals surface area (Å²) in [5.41, 5.74) is 7.18. The number of carbonyl (C=O) groups excluding carboxylic acids is 1. The zero-order chi connectivity index (χ0) is 25.3. The maximum Gasteiger partial charge on any atom is 0.410 e. The third kappa shape index (κ3) is 5.06. The molecule has 36 heavy (non-hydrogen) atoms. The van der Waals surface area contributed by atoms with Crippen molar-refractivity contribution in [1.29, 1.82) is 0 Å². The van der Waals surface area contributed by atoms with Gasteiger partial charge in [-0.15, -0.1) is 11.3 Å². The highest BCUT2D eigenvalue weighted by atomic mass is 32.1. The summed E-state index contributed by atoms with van der Waals surface area (Å²) in [6.45, 7) is 6.77. The zero-order valence-corrected chi connectivity index (χ0v) is 21.6. The number of anilines is 2. The smallest absolute Gasteiger partial charge is 0.410 e. The molecule has 5 rings (SSSR count). The van der Waals surface area contributed by atoms with E-state index in [1.165, 1.54) is 0 Å². The van der Waals surface area contributed by atoms with Crippen LogP contribution >= 0.6 is 11.3 Å². The van der Waals surface area contributed by atoms with Gasteiger partial charge >= 0.3 is 6.09 Å². The monoisotopic (exact) mass is 503 g/mol. The van der Waals surface area contributed by atoms with Crippen LogP contribution in [0.4, 0.5) is 16.2 Å². The van der Waals surface area contributed by atoms with Crippen LogP contribution in [0.2, 0.25) is 0 Å². The number of methoxy groups -OCH3 is 1. The number of nitrogens with zero attached hydrogens (tertiary/aromatic N) is 3. The molecular formula is C27H29N5O3S. The second-order valence-electron chi connectivity index (χ2n) is 9.62. The molecule has 0 bridgehead atoms. The van der Waals surface area contributed by atoms with E-state index >= 15 is 0 Å². The highest BCUT2D eigenvalue weighted by molar-refractivity contribution is 7.13. The van der Waals surface area contributed by atoms with E-state index in [-0.39, 0.29) is 6.09 Å². The summed E-state index contributed by atoms with van der Waals surface area (Å²) in [6.07, 6.45) is 6.18. The Bertz CT molecular complexity index is 1420. The Balaban J connectivity index is 1.38. The van der Waals surface area contributed by atoms with Crippen molar-refractivity contribution in [2.24, 2.45) is 0 Å². The molecule has 1 aliphatic heterocycles. The molecule has 3 aromatic heterocycles. The van der Waals surface area contributed by atoms with E-state index in [2.05, 4.69) is 38.5 Å². The highest BCUT2D eigenvalue weighted by Crippen LogP contribution is 2.36. The Hall–Kier alpha value is -3.85. The van der Waals surface area contributed by atoms with Crippen molar-refractivity contribution in [1.82, 2.24) is 19.9 Å². The van der Waals surface area contributed by atoms with Crippen LogP contribution in [0.3, 0.4) is 0 Å². The number of fused-ring (bicyclic) bond motifs is 1. The first-order chi connectivity index (χ1) is 17.3. The molecule has 0 atom stereocenters. The number of amides is 1. The second-order valence-corrected chi connectivity index (χ2v) is 10.5. The van der Waals surface area contributed by atoms with Crippen molar-refractivity contribution < 1.29 is 14.3 Å². The third-order valence-electron chi connectivity index (χ3n) is 5.91. The summed E-state index contributed by atoms with van der Waals surface area (Å²) in [7, 11) is 1.67. The van der Waals surface area contributed by atoms with Crippen molar-refractivity contribution in [3.63, 3.8) is 0 Å². The van der Waals surface area contributed by atoms with Crippen LogP contribution in [0.15, 0.2) is 54.3 Å². The first kappa shape index (κ1) is 23.9. The van der Waals surface area contributed by atoms with Gasteiger partial charge in [0.25, 0.3) is 0 Å². The molecule has 0 radical (unpaired) electrons. The average molecular weight is 504 g/mol. The number of thiazole rings is 1. The minimum absolute atomic E-state index is 0.278. The van der Waals surface area contributed by atoms with Gasteiger partial charge in [0.05, 0.1) is 23.2 Å². The Morgan fingerprint density at radius 3 is 2.78 bits per heavy atom. The SMILES string of the molecule is COc1ccc(Nc2ccnc3[nH]c(C4=CCN(C(=O)OC(C)(C)C)CC4)cc23)cc1-c1cncs1. The van der Waals surface area contributed by atoms with Crippen LogP contribution in [0.5, 0.6) is 5.75 Å². The predicted octanol–water partition coefficient (Wildman–Crippen LogP) is 6.46.